The van der Waals surface area contributed by atoms with Gasteiger partial charge in [-0.2, -0.15) is 0 Å². The Hall–Kier alpha value is -2.89. The van der Waals surface area contributed by atoms with Gasteiger partial charge in [0, 0.05) is 11.1 Å². The molecule has 0 aliphatic carbocycles. The molecule has 0 radical (unpaired) electrons. The number of carbonyl (C=O) groups is 2. The maximum Gasteiger partial charge on any atom is 0.263 e. The minimum absolute atomic E-state index is 0.229. The third-order valence-electron chi connectivity index (χ3n) is 4.80. The van der Waals surface area contributed by atoms with E-state index in [0.717, 1.165) is 9.47 Å². The van der Waals surface area contributed by atoms with Crippen molar-refractivity contribution in [3.05, 3.63) is 62.4 Å². The molecule has 0 saturated heterocycles. The zero-order valence-corrected chi connectivity index (χ0v) is 14.0. The molecule has 2 heterocycles. The van der Waals surface area contributed by atoms with Gasteiger partial charge >= 0.3 is 0 Å². The molecule has 124 valence electrons. The first-order valence-corrected chi connectivity index (χ1v) is 7.65. The number of carbonyl (C=O) groups excluding carboxylic acids is 2. The number of hydrogen-bond acceptors (Lipinski definition) is 4. The van der Waals surface area contributed by atoms with E-state index in [1.807, 2.05) is 0 Å². The van der Waals surface area contributed by atoms with Gasteiger partial charge in [-0.1, -0.05) is 12.1 Å². The summed E-state index contributed by atoms with van der Waals surface area (Å²) in [7, 11) is 0. The molecule has 24 heavy (non-hydrogen) atoms. The van der Waals surface area contributed by atoms with Gasteiger partial charge in [0.15, 0.2) is 5.88 Å². The highest BCUT2D eigenvalue weighted by Gasteiger charge is 2.40. The van der Waals surface area contributed by atoms with Gasteiger partial charge in [-0.3, -0.25) is 23.9 Å². The molecule has 1 unspecified atom stereocenters. The van der Waals surface area contributed by atoms with Crippen LogP contribution in [-0.2, 0) is 0 Å². The lowest BCUT2D eigenvalue weighted by molar-refractivity contribution is 0.0522. The third-order valence-corrected chi connectivity index (χ3v) is 4.80. The van der Waals surface area contributed by atoms with E-state index in [0.29, 0.717) is 27.8 Å². The summed E-state index contributed by atoms with van der Waals surface area (Å²) in [5, 5.41) is 10.4. The fourth-order valence-electron chi connectivity index (χ4n) is 3.08. The summed E-state index contributed by atoms with van der Waals surface area (Å²) in [6.07, 6.45) is -0.928. The molecule has 2 amide bonds. The summed E-state index contributed by atoms with van der Waals surface area (Å²) in [6.45, 7) is 6.66. The van der Waals surface area contributed by atoms with Gasteiger partial charge in [0.25, 0.3) is 17.4 Å². The average molecular weight is 326 g/mol. The maximum atomic E-state index is 12.6. The van der Waals surface area contributed by atoms with Gasteiger partial charge in [-0.15, -0.1) is 0 Å². The molecule has 6 nitrogen and oxygen atoms in total. The number of benzene rings is 1. The SMILES string of the molecule is Cc1c(C)c(O)n(C(C)N2C(=O)c3ccccc3C2=O)c(=O)c1C. The fraction of sp³-hybridized carbons (Fsp3) is 0.278. The molecule has 0 saturated carbocycles. The van der Waals surface area contributed by atoms with Crippen molar-refractivity contribution in [2.24, 2.45) is 0 Å². The highest BCUT2D eigenvalue weighted by atomic mass is 16.3. The van der Waals surface area contributed by atoms with Crippen molar-refractivity contribution >= 4 is 11.8 Å². The van der Waals surface area contributed by atoms with Crippen LogP contribution < -0.4 is 5.56 Å². The van der Waals surface area contributed by atoms with E-state index in [4.69, 9.17) is 0 Å². The van der Waals surface area contributed by atoms with Crippen LogP contribution in [0.4, 0.5) is 0 Å². The first-order valence-electron chi connectivity index (χ1n) is 7.65. The number of nitrogens with zero attached hydrogens (tertiary/aromatic N) is 2. The predicted octanol–water partition coefficient (Wildman–Crippen LogP) is 2.29. The Morgan fingerprint density at radius 3 is 1.88 bits per heavy atom. The Labute approximate surface area is 139 Å². The Kier molecular flexibility index (Phi) is 3.55. The Morgan fingerprint density at radius 2 is 1.38 bits per heavy atom. The van der Waals surface area contributed by atoms with Crippen LogP contribution in [0.25, 0.3) is 0 Å². The minimum Gasteiger partial charge on any atom is -0.494 e. The van der Waals surface area contributed by atoms with E-state index in [2.05, 4.69) is 0 Å². The minimum atomic E-state index is -0.928. The van der Waals surface area contributed by atoms with E-state index < -0.39 is 23.5 Å². The smallest absolute Gasteiger partial charge is 0.263 e. The topological polar surface area (TPSA) is 79.6 Å². The van der Waals surface area contributed by atoms with Crippen molar-refractivity contribution in [1.29, 1.82) is 0 Å². The van der Waals surface area contributed by atoms with Gasteiger partial charge in [-0.05, 0) is 45.4 Å². The van der Waals surface area contributed by atoms with Crippen molar-refractivity contribution in [3.63, 3.8) is 0 Å². The number of imide groups is 1. The van der Waals surface area contributed by atoms with E-state index in [1.165, 1.54) is 0 Å². The summed E-state index contributed by atoms with van der Waals surface area (Å²) in [5.74, 6) is -1.16. The monoisotopic (exact) mass is 326 g/mol. The van der Waals surface area contributed by atoms with Crippen LogP contribution in [0.3, 0.4) is 0 Å². The molecular formula is C18H18N2O4. The fourth-order valence-corrected chi connectivity index (χ4v) is 3.08. The first-order chi connectivity index (χ1) is 11.3. The summed E-state index contributed by atoms with van der Waals surface area (Å²) in [5.41, 5.74) is 1.93. The molecule has 1 N–H and O–H groups in total. The maximum absolute atomic E-state index is 12.6. The quantitative estimate of drug-likeness (QED) is 0.859. The molecule has 1 aromatic heterocycles. The van der Waals surface area contributed by atoms with Crippen LogP contribution in [0.5, 0.6) is 5.88 Å². The van der Waals surface area contributed by atoms with Gasteiger partial charge in [0.1, 0.15) is 6.17 Å². The summed E-state index contributed by atoms with van der Waals surface area (Å²) in [6, 6.07) is 6.52. The largest absolute Gasteiger partial charge is 0.494 e. The lowest BCUT2D eigenvalue weighted by atomic mass is 10.1. The molecule has 1 aromatic carbocycles. The summed E-state index contributed by atoms with van der Waals surface area (Å²) < 4.78 is 1.10. The molecule has 6 heteroatoms. The van der Waals surface area contributed by atoms with Crippen LogP contribution in [-0.4, -0.2) is 26.4 Å². The van der Waals surface area contributed by atoms with Gasteiger partial charge in [-0.25, -0.2) is 0 Å². The molecule has 3 rings (SSSR count). The average Bonchev–Trinajstić information content (AvgIpc) is 2.83. The number of fused-ring (bicyclic) bond motifs is 1. The molecule has 1 atom stereocenters. The second-order valence-electron chi connectivity index (χ2n) is 6.03. The molecule has 2 aromatic rings. The van der Waals surface area contributed by atoms with Crippen molar-refractivity contribution in [3.8, 4) is 5.88 Å². The number of aromatic nitrogens is 1. The highest BCUT2D eigenvalue weighted by molar-refractivity contribution is 6.21. The molecule has 0 bridgehead atoms. The van der Waals surface area contributed by atoms with Gasteiger partial charge in [0.2, 0.25) is 0 Å². The second-order valence-corrected chi connectivity index (χ2v) is 6.03. The lowest BCUT2D eigenvalue weighted by Crippen LogP contribution is -2.40. The van der Waals surface area contributed by atoms with Crippen molar-refractivity contribution < 1.29 is 14.7 Å². The van der Waals surface area contributed by atoms with E-state index in [-0.39, 0.29) is 5.88 Å². The van der Waals surface area contributed by atoms with E-state index >= 15 is 0 Å². The Morgan fingerprint density at radius 1 is 0.875 bits per heavy atom. The van der Waals surface area contributed by atoms with Gasteiger partial charge in [0.05, 0.1) is 11.1 Å². The van der Waals surface area contributed by atoms with Crippen molar-refractivity contribution in [2.45, 2.75) is 33.9 Å². The van der Waals surface area contributed by atoms with Crippen LogP contribution in [0.15, 0.2) is 29.1 Å². The second kappa shape index (κ2) is 5.33. The van der Waals surface area contributed by atoms with Crippen molar-refractivity contribution in [2.75, 3.05) is 0 Å². The zero-order chi connectivity index (χ0) is 17.8. The number of aromatic hydroxyl groups is 1. The summed E-state index contributed by atoms with van der Waals surface area (Å²) in [4.78, 5) is 38.8. The Balaban J connectivity index is 2.16. The number of hydrogen-bond donors (Lipinski definition) is 1. The van der Waals surface area contributed by atoms with Crippen LogP contribution in [0.1, 0.15) is 50.5 Å². The molecule has 0 fully saturated rings. The standard InChI is InChI=1S/C18H18N2O4/c1-9-10(2)15(21)19(16(22)11(9)3)12(4)20-17(23)13-7-5-6-8-14(13)18(20)24/h5-8,12,21H,1-4H3. The van der Waals surface area contributed by atoms with E-state index in [9.17, 15) is 19.5 Å². The summed E-state index contributed by atoms with van der Waals surface area (Å²) >= 11 is 0. The zero-order valence-electron chi connectivity index (χ0n) is 14.0. The molecular weight excluding hydrogens is 308 g/mol. The Bertz CT molecular complexity index is 908. The highest BCUT2D eigenvalue weighted by Crippen LogP contribution is 2.31. The normalized spacial score (nSPS) is 14.9. The van der Waals surface area contributed by atoms with Crippen LogP contribution in [0, 0.1) is 20.8 Å². The lowest BCUT2D eigenvalue weighted by Gasteiger charge is -2.27. The van der Waals surface area contributed by atoms with Gasteiger partial charge < -0.3 is 5.11 Å². The number of amides is 2. The van der Waals surface area contributed by atoms with E-state index in [1.54, 1.807) is 52.0 Å². The molecule has 0 spiro atoms. The van der Waals surface area contributed by atoms with Crippen molar-refractivity contribution in [1.82, 2.24) is 9.47 Å². The van der Waals surface area contributed by atoms with Crippen LogP contribution in [0.2, 0.25) is 0 Å². The number of rotatable bonds is 2. The molecule has 1 aliphatic heterocycles. The first kappa shape index (κ1) is 16.0. The number of pyridine rings is 1. The predicted molar refractivity (Wildman–Crippen MR) is 88.2 cm³/mol. The third kappa shape index (κ3) is 1.99. The molecule has 1 aliphatic rings. The van der Waals surface area contributed by atoms with Crippen LogP contribution >= 0.6 is 0 Å².